The topological polar surface area (TPSA) is 9.23 Å². The summed E-state index contributed by atoms with van der Waals surface area (Å²) in [6.45, 7) is 10.3. The fourth-order valence-electron chi connectivity index (χ4n) is 3.72. The molecule has 0 heterocycles. The first-order valence-corrected chi connectivity index (χ1v) is 14.5. The molecule has 0 aliphatic heterocycles. The Balaban J connectivity index is 3.95. The van der Waals surface area contributed by atoms with Crippen molar-refractivity contribution in [1.29, 1.82) is 0 Å². The second-order valence-corrected chi connectivity index (χ2v) is 12.0. The highest BCUT2D eigenvalue weighted by Crippen LogP contribution is 2.61. The molecule has 0 aromatic heterocycles. The normalized spacial score (nSPS) is 12.0. The van der Waals surface area contributed by atoms with Crippen LogP contribution in [0, 0.1) is 0 Å². The minimum Gasteiger partial charge on any atom is -0.238 e. The van der Waals surface area contributed by atoms with E-state index in [1.54, 1.807) is 0 Å². The van der Waals surface area contributed by atoms with Gasteiger partial charge in [0.2, 0.25) is 0 Å². The van der Waals surface area contributed by atoms with Crippen LogP contribution in [0.2, 0.25) is 0 Å². The third kappa shape index (κ3) is 15.4. The molecule has 158 valence electrons. The van der Waals surface area contributed by atoms with Crippen LogP contribution in [0.25, 0.3) is 0 Å². The lowest BCUT2D eigenvalue weighted by Gasteiger charge is -2.26. The maximum Gasteiger partial charge on any atom is 0.145 e. The fourth-order valence-corrected chi connectivity index (χ4v) is 7.97. The summed E-state index contributed by atoms with van der Waals surface area (Å²) in [5.41, 5.74) is 0. The molecule has 0 atom stereocenters. The van der Waals surface area contributed by atoms with Crippen molar-refractivity contribution >= 4 is 7.49 Å². The summed E-state index contributed by atoms with van der Waals surface area (Å²) in [6, 6.07) is 0. The largest absolute Gasteiger partial charge is 0.238 e. The SMILES string of the molecule is CCCCCCCCCCCCO[P+](CCCC)(CCCC)CCCC. The summed E-state index contributed by atoms with van der Waals surface area (Å²) in [4.78, 5) is 0. The van der Waals surface area contributed by atoms with Crippen LogP contribution in [0.3, 0.4) is 0 Å². The summed E-state index contributed by atoms with van der Waals surface area (Å²) < 4.78 is 6.72. The van der Waals surface area contributed by atoms with Crippen LogP contribution in [-0.2, 0) is 4.52 Å². The highest BCUT2D eigenvalue weighted by atomic mass is 31.2. The van der Waals surface area contributed by atoms with E-state index >= 15 is 0 Å². The number of unbranched alkanes of at least 4 members (excludes halogenated alkanes) is 12. The molecule has 0 saturated carbocycles. The van der Waals surface area contributed by atoms with Gasteiger partial charge in [-0.15, -0.1) is 0 Å². The zero-order valence-corrected chi connectivity index (χ0v) is 19.9. The standard InChI is InChI=1S/C24H52OP/c1-5-9-13-14-15-16-17-18-19-20-21-25-26(22-10-6-2,23-11-7-3)24-12-8-4/h5-24H2,1-4H3/q+1. The van der Waals surface area contributed by atoms with Crippen molar-refractivity contribution in [3.05, 3.63) is 0 Å². The molecule has 0 bridgehead atoms. The van der Waals surface area contributed by atoms with Gasteiger partial charge >= 0.3 is 0 Å². The van der Waals surface area contributed by atoms with Crippen molar-refractivity contribution in [2.75, 3.05) is 25.1 Å². The summed E-state index contributed by atoms with van der Waals surface area (Å²) in [7, 11) is -1.12. The van der Waals surface area contributed by atoms with Crippen molar-refractivity contribution in [2.45, 2.75) is 130 Å². The molecule has 0 aliphatic carbocycles. The van der Waals surface area contributed by atoms with Gasteiger partial charge in [-0.3, -0.25) is 0 Å². The Morgan fingerprint density at radius 2 is 0.769 bits per heavy atom. The quantitative estimate of drug-likeness (QED) is 0.141. The predicted molar refractivity (Wildman–Crippen MR) is 124 cm³/mol. The van der Waals surface area contributed by atoms with Gasteiger partial charge in [0.25, 0.3) is 0 Å². The van der Waals surface area contributed by atoms with E-state index in [0.717, 1.165) is 6.61 Å². The molecule has 0 rings (SSSR count). The van der Waals surface area contributed by atoms with Crippen LogP contribution >= 0.6 is 7.49 Å². The highest BCUT2D eigenvalue weighted by molar-refractivity contribution is 7.71. The van der Waals surface area contributed by atoms with Gasteiger partial charge in [-0.2, -0.15) is 0 Å². The summed E-state index contributed by atoms with van der Waals surface area (Å²) in [5.74, 6) is 0. The second-order valence-electron chi connectivity index (χ2n) is 8.30. The third-order valence-electron chi connectivity index (χ3n) is 5.62. The monoisotopic (exact) mass is 387 g/mol. The Morgan fingerprint density at radius 3 is 1.15 bits per heavy atom. The Labute approximate surface area is 167 Å². The van der Waals surface area contributed by atoms with Crippen LogP contribution in [-0.4, -0.2) is 25.1 Å². The van der Waals surface area contributed by atoms with Crippen LogP contribution in [0.4, 0.5) is 0 Å². The molecular formula is C24H52OP+. The Morgan fingerprint density at radius 1 is 0.423 bits per heavy atom. The van der Waals surface area contributed by atoms with E-state index in [1.165, 1.54) is 121 Å². The first kappa shape index (κ1) is 26.4. The van der Waals surface area contributed by atoms with Crippen molar-refractivity contribution < 1.29 is 4.52 Å². The molecule has 0 unspecified atom stereocenters. The van der Waals surface area contributed by atoms with Gasteiger partial charge < -0.3 is 0 Å². The van der Waals surface area contributed by atoms with Crippen LogP contribution < -0.4 is 0 Å². The van der Waals surface area contributed by atoms with Crippen LogP contribution in [0.5, 0.6) is 0 Å². The Hall–Kier alpha value is 0.390. The predicted octanol–water partition coefficient (Wildman–Crippen LogP) is 9.26. The van der Waals surface area contributed by atoms with Gasteiger partial charge in [-0.1, -0.05) is 105 Å². The number of hydrogen-bond acceptors (Lipinski definition) is 1. The number of hydrogen-bond donors (Lipinski definition) is 0. The van der Waals surface area contributed by atoms with Crippen molar-refractivity contribution in [1.82, 2.24) is 0 Å². The van der Waals surface area contributed by atoms with E-state index in [1.807, 2.05) is 0 Å². The second kappa shape index (κ2) is 20.1. The first-order chi connectivity index (χ1) is 12.7. The maximum absolute atomic E-state index is 6.72. The molecule has 26 heavy (non-hydrogen) atoms. The molecule has 0 aromatic carbocycles. The lowest BCUT2D eigenvalue weighted by Crippen LogP contribution is -2.13. The molecule has 0 aromatic rings. The van der Waals surface area contributed by atoms with Crippen LogP contribution in [0.1, 0.15) is 130 Å². The molecule has 0 amide bonds. The molecular weight excluding hydrogens is 335 g/mol. The van der Waals surface area contributed by atoms with Gasteiger partial charge in [0, 0.05) is 0 Å². The van der Waals surface area contributed by atoms with E-state index in [9.17, 15) is 0 Å². The molecule has 0 N–H and O–H groups in total. The van der Waals surface area contributed by atoms with Gasteiger partial charge in [-0.25, -0.2) is 4.52 Å². The van der Waals surface area contributed by atoms with Crippen molar-refractivity contribution in [2.24, 2.45) is 0 Å². The van der Waals surface area contributed by atoms with Gasteiger partial charge in [0.15, 0.2) is 0 Å². The lowest BCUT2D eigenvalue weighted by molar-refractivity contribution is 0.321. The fraction of sp³-hybridized carbons (Fsp3) is 1.00. The first-order valence-electron chi connectivity index (χ1n) is 12.2. The number of rotatable bonds is 21. The summed E-state index contributed by atoms with van der Waals surface area (Å²) >= 11 is 0. The van der Waals surface area contributed by atoms with E-state index in [-0.39, 0.29) is 0 Å². The Kier molecular flexibility index (Phi) is 20.4. The molecule has 0 spiro atoms. The van der Waals surface area contributed by atoms with Crippen LogP contribution in [0.15, 0.2) is 0 Å². The maximum atomic E-state index is 6.72. The minimum absolute atomic E-state index is 1.04. The van der Waals surface area contributed by atoms with Crippen molar-refractivity contribution in [3.63, 3.8) is 0 Å². The zero-order chi connectivity index (χ0) is 19.3. The zero-order valence-electron chi connectivity index (χ0n) is 19.0. The van der Waals surface area contributed by atoms with Crippen molar-refractivity contribution in [3.8, 4) is 0 Å². The average Bonchev–Trinajstić information content (AvgIpc) is 2.66. The Bertz CT molecular complexity index is 245. The summed E-state index contributed by atoms with van der Waals surface area (Å²) in [6.07, 6.45) is 26.4. The molecule has 0 radical (unpaired) electrons. The lowest BCUT2D eigenvalue weighted by atomic mass is 10.1. The summed E-state index contributed by atoms with van der Waals surface area (Å²) in [5, 5.41) is 0. The average molecular weight is 388 g/mol. The van der Waals surface area contributed by atoms with Gasteiger partial charge in [0.05, 0.1) is 25.1 Å². The third-order valence-corrected chi connectivity index (χ3v) is 9.74. The minimum atomic E-state index is -1.12. The molecule has 2 heteroatoms. The van der Waals surface area contributed by atoms with E-state index in [2.05, 4.69) is 27.7 Å². The van der Waals surface area contributed by atoms with Gasteiger partial charge in [0.1, 0.15) is 7.49 Å². The molecule has 1 nitrogen and oxygen atoms in total. The highest BCUT2D eigenvalue weighted by Gasteiger charge is 2.37. The molecule has 0 fully saturated rings. The smallest absolute Gasteiger partial charge is 0.145 e. The van der Waals surface area contributed by atoms with E-state index in [0.29, 0.717) is 0 Å². The molecule has 0 saturated heterocycles. The van der Waals surface area contributed by atoms with Gasteiger partial charge in [-0.05, 0) is 25.7 Å². The van der Waals surface area contributed by atoms with E-state index in [4.69, 9.17) is 4.52 Å². The molecule has 0 aliphatic rings. The van der Waals surface area contributed by atoms with E-state index < -0.39 is 7.49 Å².